The van der Waals surface area contributed by atoms with Gasteiger partial charge in [0.25, 0.3) is 0 Å². The molecule has 0 fully saturated rings. The first-order chi connectivity index (χ1) is 10.6. The van der Waals surface area contributed by atoms with Gasteiger partial charge in [-0.15, -0.1) is 0 Å². The van der Waals surface area contributed by atoms with Crippen molar-refractivity contribution in [1.82, 2.24) is 9.38 Å². The molecular weight excluding hydrogens is 274 g/mol. The SMILES string of the molecule is Cc1nc2c(NC(=O)CCc3ccccc3)cccn2c1C. The van der Waals surface area contributed by atoms with Crippen molar-refractivity contribution >= 4 is 17.2 Å². The molecule has 0 saturated heterocycles. The van der Waals surface area contributed by atoms with Gasteiger partial charge in [0.15, 0.2) is 5.65 Å². The molecule has 0 atom stereocenters. The lowest BCUT2D eigenvalue weighted by Crippen LogP contribution is -2.13. The number of imidazole rings is 1. The number of carbonyl (C=O) groups is 1. The molecule has 4 nitrogen and oxygen atoms in total. The Hall–Kier alpha value is -2.62. The standard InChI is InChI=1S/C18H19N3O/c1-13-14(2)21-12-6-9-16(18(21)19-13)20-17(22)11-10-15-7-4-3-5-8-15/h3-9,12H,10-11H2,1-2H3,(H,20,22). The number of fused-ring (bicyclic) bond motifs is 1. The van der Waals surface area contributed by atoms with Crippen molar-refractivity contribution in [1.29, 1.82) is 0 Å². The van der Waals surface area contributed by atoms with Crippen LogP contribution in [0.15, 0.2) is 48.7 Å². The Morgan fingerprint density at radius 1 is 1.14 bits per heavy atom. The Morgan fingerprint density at radius 3 is 2.68 bits per heavy atom. The Morgan fingerprint density at radius 2 is 1.91 bits per heavy atom. The van der Waals surface area contributed by atoms with Gasteiger partial charge in [0.2, 0.25) is 5.91 Å². The first-order valence-corrected chi connectivity index (χ1v) is 7.43. The van der Waals surface area contributed by atoms with Gasteiger partial charge in [0, 0.05) is 18.3 Å². The maximum absolute atomic E-state index is 12.2. The molecule has 0 spiro atoms. The van der Waals surface area contributed by atoms with E-state index in [0.29, 0.717) is 6.42 Å². The molecule has 0 bridgehead atoms. The number of nitrogens with zero attached hydrogens (tertiary/aromatic N) is 2. The normalized spacial score (nSPS) is 10.8. The predicted molar refractivity (Wildman–Crippen MR) is 88.1 cm³/mol. The minimum absolute atomic E-state index is 0.00950. The van der Waals surface area contributed by atoms with Crippen LogP contribution in [0.25, 0.3) is 5.65 Å². The van der Waals surface area contributed by atoms with E-state index in [-0.39, 0.29) is 5.91 Å². The van der Waals surface area contributed by atoms with Crippen LogP contribution in [0.1, 0.15) is 23.4 Å². The number of nitrogens with one attached hydrogen (secondary N) is 1. The van der Waals surface area contributed by atoms with Crippen LogP contribution in [0, 0.1) is 13.8 Å². The van der Waals surface area contributed by atoms with Gasteiger partial charge in [-0.3, -0.25) is 4.79 Å². The second-order valence-electron chi connectivity index (χ2n) is 5.43. The average Bonchev–Trinajstić information content (AvgIpc) is 2.83. The molecule has 1 aromatic carbocycles. The van der Waals surface area contributed by atoms with Crippen LogP contribution in [0.5, 0.6) is 0 Å². The van der Waals surface area contributed by atoms with Gasteiger partial charge in [-0.05, 0) is 38.0 Å². The van der Waals surface area contributed by atoms with Crippen LogP contribution in [0.2, 0.25) is 0 Å². The van der Waals surface area contributed by atoms with E-state index in [1.165, 1.54) is 5.56 Å². The number of hydrogen-bond acceptors (Lipinski definition) is 2. The number of aryl methyl sites for hydroxylation is 3. The zero-order valence-electron chi connectivity index (χ0n) is 12.8. The van der Waals surface area contributed by atoms with Crippen molar-refractivity contribution in [2.24, 2.45) is 0 Å². The van der Waals surface area contributed by atoms with Crippen LogP contribution < -0.4 is 5.32 Å². The molecule has 112 valence electrons. The third-order valence-electron chi connectivity index (χ3n) is 3.88. The lowest BCUT2D eigenvalue weighted by atomic mass is 10.1. The molecule has 2 aromatic heterocycles. The van der Waals surface area contributed by atoms with Crippen LogP contribution in [0.4, 0.5) is 5.69 Å². The summed E-state index contributed by atoms with van der Waals surface area (Å²) in [6.45, 7) is 4.00. The monoisotopic (exact) mass is 293 g/mol. The molecule has 0 aliphatic carbocycles. The minimum atomic E-state index is 0.00950. The fourth-order valence-corrected chi connectivity index (χ4v) is 2.51. The number of amides is 1. The number of hydrogen-bond donors (Lipinski definition) is 1. The molecule has 1 N–H and O–H groups in total. The molecular formula is C18H19N3O. The molecule has 4 heteroatoms. The van der Waals surface area contributed by atoms with Gasteiger partial charge in [-0.2, -0.15) is 0 Å². The Balaban J connectivity index is 1.73. The molecule has 0 aliphatic heterocycles. The first kappa shape index (κ1) is 14.3. The van der Waals surface area contributed by atoms with E-state index >= 15 is 0 Å². The Bertz CT molecular complexity index is 806. The van der Waals surface area contributed by atoms with Crippen molar-refractivity contribution in [3.63, 3.8) is 0 Å². The van der Waals surface area contributed by atoms with Gasteiger partial charge in [-0.1, -0.05) is 30.3 Å². The lowest BCUT2D eigenvalue weighted by molar-refractivity contribution is -0.116. The van der Waals surface area contributed by atoms with E-state index < -0.39 is 0 Å². The van der Waals surface area contributed by atoms with Crippen molar-refractivity contribution < 1.29 is 4.79 Å². The summed E-state index contributed by atoms with van der Waals surface area (Å²) >= 11 is 0. The summed E-state index contributed by atoms with van der Waals surface area (Å²) in [6, 6.07) is 13.8. The third-order valence-corrected chi connectivity index (χ3v) is 3.88. The van der Waals surface area contributed by atoms with E-state index in [4.69, 9.17) is 0 Å². The fraction of sp³-hybridized carbons (Fsp3) is 0.222. The lowest BCUT2D eigenvalue weighted by Gasteiger charge is -2.07. The molecule has 0 saturated carbocycles. The minimum Gasteiger partial charge on any atom is -0.323 e. The quantitative estimate of drug-likeness (QED) is 0.800. The zero-order valence-corrected chi connectivity index (χ0v) is 12.8. The highest BCUT2D eigenvalue weighted by molar-refractivity contribution is 5.94. The van der Waals surface area contributed by atoms with Gasteiger partial charge >= 0.3 is 0 Å². The number of carbonyl (C=O) groups excluding carboxylic acids is 1. The van der Waals surface area contributed by atoms with Gasteiger partial charge in [0.05, 0.1) is 11.4 Å². The van der Waals surface area contributed by atoms with Crippen LogP contribution in [-0.2, 0) is 11.2 Å². The smallest absolute Gasteiger partial charge is 0.224 e. The fourth-order valence-electron chi connectivity index (χ4n) is 2.51. The summed E-state index contributed by atoms with van der Waals surface area (Å²) in [7, 11) is 0. The van der Waals surface area contributed by atoms with Crippen LogP contribution in [0.3, 0.4) is 0 Å². The number of benzene rings is 1. The highest BCUT2D eigenvalue weighted by Gasteiger charge is 2.10. The number of aromatic nitrogens is 2. The maximum Gasteiger partial charge on any atom is 0.224 e. The van der Waals surface area contributed by atoms with Crippen LogP contribution >= 0.6 is 0 Å². The molecule has 0 unspecified atom stereocenters. The first-order valence-electron chi connectivity index (χ1n) is 7.43. The van der Waals surface area contributed by atoms with Crippen molar-refractivity contribution in [3.8, 4) is 0 Å². The molecule has 3 rings (SSSR count). The summed E-state index contributed by atoms with van der Waals surface area (Å²) in [4.78, 5) is 16.7. The summed E-state index contributed by atoms with van der Waals surface area (Å²) in [5, 5.41) is 2.97. The van der Waals surface area contributed by atoms with Crippen molar-refractivity contribution in [3.05, 3.63) is 65.6 Å². The van der Waals surface area contributed by atoms with Crippen LogP contribution in [-0.4, -0.2) is 15.3 Å². The Labute approximate surface area is 129 Å². The third kappa shape index (κ3) is 2.86. The summed E-state index contributed by atoms with van der Waals surface area (Å²) in [5.74, 6) is 0.00950. The summed E-state index contributed by atoms with van der Waals surface area (Å²) in [6.07, 6.45) is 3.16. The summed E-state index contributed by atoms with van der Waals surface area (Å²) < 4.78 is 2.00. The van der Waals surface area contributed by atoms with E-state index in [1.807, 2.05) is 66.9 Å². The van der Waals surface area contributed by atoms with Crippen molar-refractivity contribution in [2.75, 3.05) is 5.32 Å². The number of anilines is 1. The largest absolute Gasteiger partial charge is 0.323 e. The topological polar surface area (TPSA) is 46.4 Å². The highest BCUT2D eigenvalue weighted by atomic mass is 16.1. The predicted octanol–water partition coefficient (Wildman–Crippen LogP) is 3.52. The van der Waals surface area contributed by atoms with Gasteiger partial charge in [-0.25, -0.2) is 4.98 Å². The zero-order chi connectivity index (χ0) is 15.5. The second-order valence-corrected chi connectivity index (χ2v) is 5.43. The van der Waals surface area contributed by atoms with Gasteiger partial charge in [0.1, 0.15) is 0 Å². The van der Waals surface area contributed by atoms with E-state index in [0.717, 1.165) is 29.1 Å². The molecule has 22 heavy (non-hydrogen) atoms. The summed E-state index contributed by atoms with van der Waals surface area (Å²) in [5.41, 5.74) is 4.80. The average molecular weight is 293 g/mol. The highest BCUT2D eigenvalue weighted by Crippen LogP contribution is 2.19. The molecule has 0 aliphatic rings. The Kier molecular flexibility index (Phi) is 3.92. The van der Waals surface area contributed by atoms with E-state index in [2.05, 4.69) is 10.3 Å². The van der Waals surface area contributed by atoms with Crippen molar-refractivity contribution in [2.45, 2.75) is 26.7 Å². The molecule has 3 aromatic rings. The van der Waals surface area contributed by atoms with E-state index in [9.17, 15) is 4.79 Å². The molecule has 2 heterocycles. The number of pyridine rings is 1. The van der Waals surface area contributed by atoms with Gasteiger partial charge < -0.3 is 9.72 Å². The molecule has 1 amide bonds. The maximum atomic E-state index is 12.2. The second kappa shape index (κ2) is 6.02. The number of rotatable bonds is 4. The molecule has 0 radical (unpaired) electrons. The van der Waals surface area contributed by atoms with E-state index in [1.54, 1.807) is 0 Å².